The number of aliphatic hydroxyl groups is 1. The van der Waals surface area contributed by atoms with Crippen LogP contribution < -0.4 is 10.6 Å². The number of anilines is 1. The molecule has 5 atom stereocenters. The lowest BCUT2D eigenvalue weighted by Gasteiger charge is -2.42. The van der Waals surface area contributed by atoms with Crippen molar-refractivity contribution in [3.63, 3.8) is 0 Å². The van der Waals surface area contributed by atoms with E-state index in [2.05, 4.69) is 64.1 Å². The van der Waals surface area contributed by atoms with Gasteiger partial charge in [0.15, 0.2) is 0 Å². The SMILES string of the molecule is O=C(CCCO)N[C@@H]1CCCC[C@@H]1C(=O)N1CC[C@H]2[C@H](c3ccccc3)Nc3ccccc3[C@@H]21. The zero-order valence-corrected chi connectivity index (χ0v) is 19.7. The van der Waals surface area contributed by atoms with Gasteiger partial charge in [-0.15, -0.1) is 0 Å². The number of para-hydroxylation sites is 1. The Bertz CT molecular complexity index is 1010. The predicted molar refractivity (Wildman–Crippen MR) is 132 cm³/mol. The molecular formula is C28H35N3O3. The molecule has 3 aliphatic rings. The number of aliphatic hydroxyl groups excluding tert-OH is 1. The molecule has 2 aromatic rings. The Morgan fingerprint density at radius 3 is 2.59 bits per heavy atom. The number of likely N-dealkylation sites (tertiary alicyclic amines) is 1. The minimum atomic E-state index is -0.178. The van der Waals surface area contributed by atoms with Crippen LogP contribution in [0.4, 0.5) is 5.69 Å². The van der Waals surface area contributed by atoms with Crippen molar-refractivity contribution in [2.75, 3.05) is 18.5 Å². The van der Waals surface area contributed by atoms with E-state index in [-0.39, 0.29) is 42.5 Å². The topological polar surface area (TPSA) is 81.7 Å². The number of hydrogen-bond acceptors (Lipinski definition) is 4. The average molecular weight is 462 g/mol. The van der Waals surface area contributed by atoms with E-state index in [9.17, 15) is 9.59 Å². The third kappa shape index (κ3) is 4.43. The average Bonchev–Trinajstić information content (AvgIpc) is 3.33. The van der Waals surface area contributed by atoms with Crippen LogP contribution in [0.3, 0.4) is 0 Å². The molecule has 0 unspecified atom stereocenters. The van der Waals surface area contributed by atoms with Gasteiger partial charge in [0, 0.05) is 37.2 Å². The third-order valence-electron chi connectivity index (χ3n) is 7.90. The van der Waals surface area contributed by atoms with Crippen LogP contribution in [-0.2, 0) is 9.59 Å². The van der Waals surface area contributed by atoms with Crippen molar-refractivity contribution in [1.29, 1.82) is 0 Å². The highest BCUT2D eigenvalue weighted by Crippen LogP contribution is 2.51. The Morgan fingerprint density at radius 1 is 1.00 bits per heavy atom. The van der Waals surface area contributed by atoms with Gasteiger partial charge in [0.05, 0.1) is 18.0 Å². The molecule has 0 spiro atoms. The summed E-state index contributed by atoms with van der Waals surface area (Å²) in [5, 5.41) is 15.9. The molecule has 1 saturated heterocycles. The van der Waals surface area contributed by atoms with Gasteiger partial charge in [-0.1, -0.05) is 61.4 Å². The maximum Gasteiger partial charge on any atom is 0.228 e. The summed E-state index contributed by atoms with van der Waals surface area (Å²) in [6.45, 7) is 0.752. The van der Waals surface area contributed by atoms with E-state index in [1.54, 1.807) is 0 Å². The molecule has 2 aliphatic heterocycles. The Kier molecular flexibility index (Phi) is 6.86. The summed E-state index contributed by atoms with van der Waals surface area (Å²) in [6, 6.07) is 19.0. The Morgan fingerprint density at radius 2 is 1.76 bits per heavy atom. The third-order valence-corrected chi connectivity index (χ3v) is 7.90. The molecule has 0 aromatic heterocycles. The van der Waals surface area contributed by atoms with Crippen molar-refractivity contribution < 1.29 is 14.7 Å². The molecule has 2 amide bonds. The number of benzene rings is 2. The van der Waals surface area contributed by atoms with Crippen molar-refractivity contribution in [3.05, 3.63) is 65.7 Å². The van der Waals surface area contributed by atoms with Crippen LogP contribution in [0.25, 0.3) is 0 Å². The second-order valence-corrected chi connectivity index (χ2v) is 9.94. The predicted octanol–water partition coefficient (Wildman–Crippen LogP) is 4.19. The zero-order chi connectivity index (χ0) is 23.5. The van der Waals surface area contributed by atoms with Crippen LogP contribution in [0.2, 0.25) is 0 Å². The number of amides is 2. The summed E-state index contributed by atoms with van der Waals surface area (Å²) in [5.41, 5.74) is 3.56. The zero-order valence-electron chi connectivity index (χ0n) is 19.7. The van der Waals surface area contributed by atoms with Crippen molar-refractivity contribution in [3.8, 4) is 0 Å². The van der Waals surface area contributed by atoms with Gasteiger partial charge < -0.3 is 20.6 Å². The van der Waals surface area contributed by atoms with Crippen LogP contribution in [0.1, 0.15) is 68.2 Å². The first-order valence-electron chi connectivity index (χ1n) is 12.8. The second-order valence-electron chi connectivity index (χ2n) is 9.94. The normalized spacial score (nSPS) is 27.9. The standard InChI is InChI=1S/C28H35N3O3/c32-18-8-15-25(33)29-24-14-7-5-12-21(24)28(34)31-17-16-22-26(19-9-2-1-3-10-19)30-23-13-6-4-11-20(23)27(22)31/h1-4,6,9-11,13,21-22,24,26-27,30,32H,5,7-8,12,14-18H2,(H,29,33)/t21-,22-,24+,26-,27-/m0/s1. The molecule has 6 nitrogen and oxygen atoms in total. The van der Waals surface area contributed by atoms with E-state index in [4.69, 9.17) is 5.11 Å². The molecule has 180 valence electrons. The lowest BCUT2D eigenvalue weighted by molar-refractivity contribution is -0.139. The van der Waals surface area contributed by atoms with Gasteiger partial charge in [0.1, 0.15) is 0 Å². The first-order valence-corrected chi connectivity index (χ1v) is 12.8. The molecule has 34 heavy (non-hydrogen) atoms. The fourth-order valence-corrected chi connectivity index (χ4v) is 6.29. The Balaban J connectivity index is 1.41. The molecule has 6 heteroatoms. The van der Waals surface area contributed by atoms with Crippen LogP contribution in [0, 0.1) is 11.8 Å². The number of nitrogens with one attached hydrogen (secondary N) is 2. The highest BCUT2D eigenvalue weighted by Gasteiger charge is 2.48. The number of carbonyl (C=O) groups excluding carboxylic acids is 2. The fraction of sp³-hybridized carbons (Fsp3) is 0.500. The molecule has 0 radical (unpaired) electrons. The number of hydrogen-bond donors (Lipinski definition) is 3. The summed E-state index contributed by atoms with van der Waals surface area (Å²) in [6.07, 6.45) is 5.43. The molecule has 2 aromatic carbocycles. The summed E-state index contributed by atoms with van der Waals surface area (Å²) in [4.78, 5) is 28.5. The largest absolute Gasteiger partial charge is 0.396 e. The van der Waals surface area contributed by atoms with Gasteiger partial charge in [-0.2, -0.15) is 0 Å². The molecule has 1 saturated carbocycles. The van der Waals surface area contributed by atoms with Gasteiger partial charge in [-0.25, -0.2) is 0 Å². The van der Waals surface area contributed by atoms with Gasteiger partial charge in [0.25, 0.3) is 0 Å². The molecule has 5 rings (SSSR count). The monoisotopic (exact) mass is 461 g/mol. The first kappa shape index (κ1) is 22.9. The molecule has 1 aliphatic carbocycles. The molecule has 2 heterocycles. The van der Waals surface area contributed by atoms with Gasteiger partial charge in [-0.3, -0.25) is 9.59 Å². The lowest BCUT2D eigenvalue weighted by atomic mass is 9.79. The van der Waals surface area contributed by atoms with Gasteiger partial charge >= 0.3 is 0 Å². The van der Waals surface area contributed by atoms with Crippen molar-refractivity contribution in [2.45, 2.75) is 63.1 Å². The van der Waals surface area contributed by atoms with E-state index < -0.39 is 0 Å². The van der Waals surface area contributed by atoms with E-state index in [0.29, 0.717) is 18.8 Å². The number of rotatable bonds is 6. The van der Waals surface area contributed by atoms with Crippen LogP contribution >= 0.6 is 0 Å². The molecule has 3 N–H and O–H groups in total. The second kappa shape index (κ2) is 10.2. The maximum atomic E-state index is 14.0. The minimum Gasteiger partial charge on any atom is -0.396 e. The Labute approximate surface area is 201 Å². The summed E-state index contributed by atoms with van der Waals surface area (Å²) >= 11 is 0. The summed E-state index contributed by atoms with van der Waals surface area (Å²) in [7, 11) is 0. The van der Waals surface area contributed by atoms with E-state index in [1.165, 1.54) is 11.1 Å². The fourth-order valence-electron chi connectivity index (χ4n) is 6.29. The van der Waals surface area contributed by atoms with Crippen molar-refractivity contribution in [1.82, 2.24) is 10.2 Å². The van der Waals surface area contributed by atoms with E-state index >= 15 is 0 Å². The highest BCUT2D eigenvalue weighted by molar-refractivity contribution is 5.83. The number of nitrogens with zero attached hydrogens (tertiary/aromatic N) is 1. The van der Waals surface area contributed by atoms with Gasteiger partial charge in [0.2, 0.25) is 11.8 Å². The number of fused-ring (bicyclic) bond motifs is 3. The van der Waals surface area contributed by atoms with Crippen LogP contribution in [-0.4, -0.2) is 41.0 Å². The number of carbonyl (C=O) groups is 2. The smallest absolute Gasteiger partial charge is 0.228 e. The summed E-state index contributed by atoms with van der Waals surface area (Å²) in [5.74, 6) is 0.253. The molecule has 0 bridgehead atoms. The quantitative estimate of drug-likeness (QED) is 0.603. The van der Waals surface area contributed by atoms with Crippen molar-refractivity contribution >= 4 is 17.5 Å². The first-order chi connectivity index (χ1) is 16.7. The highest BCUT2D eigenvalue weighted by atomic mass is 16.3. The molecule has 2 fully saturated rings. The Hall–Kier alpha value is -2.86. The van der Waals surface area contributed by atoms with Crippen molar-refractivity contribution in [2.24, 2.45) is 11.8 Å². The van der Waals surface area contributed by atoms with Gasteiger partial charge in [-0.05, 0) is 42.9 Å². The van der Waals surface area contributed by atoms with Crippen LogP contribution in [0.15, 0.2) is 54.6 Å². The maximum absolute atomic E-state index is 14.0. The van der Waals surface area contributed by atoms with E-state index in [1.807, 2.05) is 6.07 Å². The lowest BCUT2D eigenvalue weighted by Crippen LogP contribution is -2.50. The molecular weight excluding hydrogens is 426 g/mol. The van der Waals surface area contributed by atoms with Crippen LogP contribution in [0.5, 0.6) is 0 Å². The summed E-state index contributed by atoms with van der Waals surface area (Å²) < 4.78 is 0. The minimum absolute atomic E-state index is 0.00726. The van der Waals surface area contributed by atoms with E-state index in [0.717, 1.165) is 44.3 Å².